The van der Waals surface area contributed by atoms with E-state index in [4.69, 9.17) is 4.74 Å². The molecule has 0 aliphatic carbocycles. The quantitative estimate of drug-likeness (QED) is 0.641. The molecule has 7 heteroatoms. The maximum absolute atomic E-state index is 12.3. The number of benzene rings is 2. The molecule has 0 aliphatic rings. The van der Waals surface area contributed by atoms with Gasteiger partial charge >= 0.3 is 11.8 Å². The lowest BCUT2D eigenvalue weighted by Crippen LogP contribution is -2.45. The van der Waals surface area contributed by atoms with E-state index in [0.717, 1.165) is 5.56 Å². The number of ether oxygens (including phenoxy) is 1. The Labute approximate surface area is 164 Å². The molecular formula is C21H25N3O4. The molecule has 2 aromatic carbocycles. The molecule has 0 aromatic heterocycles. The van der Waals surface area contributed by atoms with Gasteiger partial charge in [-0.3, -0.25) is 14.4 Å². The molecule has 0 saturated carbocycles. The lowest BCUT2D eigenvalue weighted by atomic mass is 9.90. The van der Waals surface area contributed by atoms with Crippen LogP contribution in [-0.4, -0.2) is 31.4 Å². The summed E-state index contributed by atoms with van der Waals surface area (Å²) in [4.78, 5) is 35.6. The lowest BCUT2D eigenvalue weighted by molar-refractivity contribution is -0.137. The largest absolute Gasteiger partial charge is 0.372 e. The molecule has 7 nitrogen and oxygen atoms in total. The molecule has 3 amide bonds. The van der Waals surface area contributed by atoms with Crippen LogP contribution in [0, 0.1) is 0 Å². The minimum absolute atomic E-state index is 0.155. The predicted molar refractivity (Wildman–Crippen MR) is 108 cm³/mol. The van der Waals surface area contributed by atoms with Crippen LogP contribution in [-0.2, 0) is 24.7 Å². The van der Waals surface area contributed by atoms with Crippen LogP contribution in [0.2, 0.25) is 0 Å². The summed E-state index contributed by atoms with van der Waals surface area (Å²) in [5.74, 6) is -1.79. The summed E-state index contributed by atoms with van der Waals surface area (Å²) in [5, 5.41) is 7.79. The zero-order valence-electron chi connectivity index (χ0n) is 16.2. The summed E-state index contributed by atoms with van der Waals surface area (Å²) in [6.45, 7) is 3.50. The van der Waals surface area contributed by atoms with Gasteiger partial charge in [-0.15, -0.1) is 0 Å². The molecule has 0 saturated heterocycles. The highest BCUT2D eigenvalue weighted by molar-refractivity contribution is 6.39. The van der Waals surface area contributed by atoms with Crippen molar-refractivity contribution in [1.82, 2.24) is 5.32 Å². The highest BCUT2D eigenvalue weighted by Gasteiger charge is 2.31. The minimum atomic E-state index is -0.797. The molecule has 0 spiro atoms. The van der Waals surface area contributed by atoms with Crippen molar-refractivity contribution < 1.29 is 19.1 Å². The van der Waals surface area contributed by atoms with Crippen molar-refractivity contribution >= 4 is 29.1 Å². The van der Waals surface area contributed by atoms with E-state index < -0.39 is 17.4 Å². The summed E-state index contributed by atoms with van der Waals surface area (Å²) >= 11 is 0. The van der Waals surface area contributed by atoms with Crippen LogP contribution in [0.1, 0.15) is 25.8 Å². The number of hydrogen-bond donors (Lipinski definition) is 3. The Morgan fingerprint density at radius 3 is 2.14 bits per heavy atom. The Morgan fingerprint density at radius 1 is 0.929 bits per heavy atom. The van der Waals surface area contributed by atoms with E-state index in [9.17, 15) is 14.4 Å². The van der Waals surface area contributed by atoms with Gasteiger partial charge in [0.25, 0.3) is 0 Å². The molecule has 1 atom stereocenters. The van der Waals surface area contributed by atoms with Crippen molar-refractivity contribution in [3.05, 3.63) is 60.2 Å². The van der Waals surface area contributed by atoms with Crippen molar-refractivity contribution in [2.24, 2.45) is 0 Å². The SMILES string of the molecule is CCC(CNC(=O)C(=O)Nc1cccc(NC(C)=O)c1)(OC)c1ccccc1. The molecule has 0 radical (unpaired) electrons. The van der Waals surface area contributed by atoms with Crippen molar-refractivity contribution in [1.29, 1.82) is 0 Å². The van der Waals surface area contributed by atoms with Gasteiger partial charge in [-0.25, -0.2) is 0 Å². The van der Waals surface area contributed by atoms with Gasteiger partial charge in [-0.1, -0.05) is 43.3 Å². The van der Waals surface area contributed by atoms with Crippen LogP contribution < -0.4 is 16.0 Å². The fourth-order valence-corrected chi connectivity index (χ4v) is 2.88. The first-order valence-corrected chi connectivity index (χ1v) is 8.97. The second-order valence-corrected chi connectivity index (χ2v) is 6.32. The molecule has 148 valence electrons. The second kappa shape index (κ2) is 9.66. The Bertz CT molecular complexity index is 833. The molecule has 0 aliphatic heterocycles. The van der Waals surface area contributed by atoms with Gasteiger partial charge in [0.15, 0.2) is 0 Å². The summed E-state index contributed by atoms with van der Waals surface area (Å²) in [7, 11) is 1.58. The van der Waals surface area contributed by atoms with Crippen LogP contribution in [0.15, 0.2) is 54.6 Å². The number of methoxy groups -OCH3 is 1. The summed E-state index contributed by atoms with van der Waals surface area (Å²) in [5.41, 5.74) is 1.13. The predicted octanol–water partition coefficient (Wildman–Crippen LogP) is 2.65. The molecular weight excluding hydrogens is 358 g/mol. The maximum Gasteiger partial charge on any atom is 0.313 e. The number of anilines is 2. The van der Waals surface area contributed by atoms with Crippen LogP contribution in [0.25, 0.3) is 0 Å². The third-order valence-electron chi connectivity index (χ3n) is 4.44. The van der Waals surface area contributed by atoms with E-state index in [1.54, 1.807) is 31.4 Å². The zero-order valence-corrected chi connectivity index (χ0v) is 16.2. The second-order valence-electron chi connectivity index (χ2n) is 6.32. The van der Waals surface area contributed by atoms with Gasteiger partial charge in [0.05, 0.1) is 6.54 Å². The van der Waals surface area contributed by atoms with E-state index in [-0.39, 0.29) is 12.5 Å². The van der Waals surface area contributed by atoms with Gasteiger partial charge in [0, 0.05) is 25.4 Å². The first-order chi connectivity index (χ1) is 13.4. The molecule has 0 fully saturated rings. The Balaban J connectivity index is 2.02. The van der Waals surface area contributed by atoms with Gasteiger partial charge in [0.1, 0.15) is 5.60 Å². The first-order valence-electron chi connectivity index (χ1n) is 8.97. The van der Waals surface area contributed by atoms with Gasteiger partial charge in [-0.2, -0.15) is 0 Å². The monoisotopic (exact) mass is 383 g/mol. The van der Waals surface area contributed by atoms with Gasteiger partial charge in [0.2, 0.25) is 5.91 Å². The minimum Gasteiger partial charge on any atom is -0.372 e. The summed E-state index contributed by atoms with van der Waals surface area (Å²) in [6.07, 6.45) is 0.619. The Morgan fingerprint density at radius 2 is 1.57 bits per heavy atom. The normalized spacial score (nSPS) is 12.5. The third-order valence-corrected chi connectivity index (χ3v) is 4.44. The van der Waals surface area contributed by atoms with E-state index in [1.807, 2.05) is 37.3 Å². The fraction of sp³-hybridized carbons (Fsp3) is 0.286. The summed E-state index contributed by atoms with van der Waals surface area (Å²) < 4.78 is 5.69. The highest BCUT2D eigenvalue weighted by Crippen LogP contribution is 2.28. The Kier molecular flexibility index (Phi) is 7.28. The number of nitrogens with one attached hydrogen (secondary N) is 3. The van der Waals surface area contributed by atoms with E-state index in [0.29, 0.717) is 17.8 Å². The maximum atomic E-state index is 12.3. The standard InChI is InChI=1S/C21H25N3O4/c1-4-21(28-3,16-9-6-5-7-10-16)14-22-19(26)20(27)24-18-12-8-11-17(13-18)23-15(2)25/h5-13H,4,14H2,1-3H3,(H,22,26)(H,23,25)(H,24,27). The number of rotatable bonds is 7. The number of carbonyl (C=O) groups is 3. The lowest BCUT2D eigenvalue weighted by Gasteiger charge is -2.32. The van der Waals surface area contributed by atoms with Crippen LogP contribution in [0.5, 0.6) is 0 Å². The van der Waals surface area contributed by atoms with Crippen molar-refractivity contribution in [2.45, 2.75) is 25.9 Å². The zero-order chi connectivity index (χ0) is 20.6. The first kappa shape index (κ1) is 21.1. The van der Waals surface area contributed by atoms with Crippen LogP contribution >= 0.6 is 0 Å². The average molecular weight is 383 g/mol. The third kappa shape index (κ3) is 5.40. The average Bonchev–Trinajstić information content (AvgIpc) is 2.69. The highest BCUT2D eigenvalue weighted by atomic mass is 16.5. The van der Waals surface area contributed by atoms with E-state index in [2.05, 4.69) is 16.0 Å². The molecule has 28 heavy (non-hydrogen) atoms. The van der Waals surface area contributed by atoms with E-state index in [1.165, 1.54) is 6.92 Å². The smallest absolute Gasteiger partial charge is 0.313 e. The van der Waals surface area contributed by atoms with Gasteiger partial charge < -0.3 is 20.7 Å². The van der Waals surface area contributed by atoms with E-state index >= 15 is 0 Å². The molecule has 2 aromatic rings. The van der Waals surface area contributed by atoms with Crippen molar-refractivity contribution in [3.63, 3.8) is 0 Å². The Hall–Kier alpha value is -3.19. The fourth-order valence-electron chi connectivity index (χ4n) is 2.88. The number of amides is 3. The summed E-state index contributed by atoms with van der Waals surface area (Å²) in [6, 6.07) is 16.1. The number of hydrogen-bond acceptors (Lipinski definition) is 4. The molecule has 3 N–H and O–H groups in total. The van der Waals surface area contributed by atoms with Crippen molar-refractivity contribution in [2.75, 3.05) is 24.3 Å². The molecule has 0 heterocycles. The molecule has 2 rings (SSSR count). The van der Waals surface area contributed by atoms with Gasteiger partial charge in [-0.05, 0) is 30.2 Å². The van der Waals surface area contributed by atoms with Crippen LogP contribution in [0.3, 0.4) is 0 Å². The van der Waals surface area contributed by atoms with Crippen molar-refractivity contribution in [3.8, 4) is 0 Å². The molecule has 1 unspecified atom stereocenters. The van der Waals surface area contributed by atoms with Crippen LogP contribution in [0.4, 0.5) is 11.4 Å². The number of carbonyl (C=O) groups excluding carboxylic acids is 3. The topological polar surface area (TPSA) is 96.5 Å². The molecule has 0 bridgehead atoms.